The molecule has 11 heteroatoms. The standard InChI is InChI=1S/C13H12N8O2S/c14-8-11(12(15)16)20-19-9-2-4-10(5-3-9)24(22,23)21-13-17-6-1-7-18-13/h1-7,19H,(H3,15,16)(H,17,18,21)/b20-11+. The topological polar surface area (TPSA) is 170 Å². The minimum atomic E-state index is -3.82. The van der Waals surface area contributed by atoms with Crippen LogP contribution in [0.25, 0.3) is 0 Å². The van der Waals surface area contributed by atoms with Gasteiger partial charge in [0.1, 0.15) is 6.07 Å². The Hall–Kier alpha value is -3.52. The van der Waals surface area contributed by atoms with E-state index in [4.69, 9.17) is 16.4 Å². The van der Waals surface area contributed by atoms with E-state index in [0.717, 1.165) is 0 Å². The van der Waals surface area contributed by atoms with Gasteiger partial charge in [-0.15, -0.1) is 0 Å². The van der Waals surface area contributed by atoms with Crippen molar-refractivity contribution >= 4 is 33.2 Å². The van der Waals surface area contributed by atoms with E-state index in [1.165, 1.54) is 36.7 Å². The molecule has 0 spiro atoms. The number of sulfonamides is 1. The smallest absolute Gasteiger partial charge is 0.264 e. The first kappa shape index (κ1) is 16.8. The summed E-state index contributed by atoms with van der Waals surface area (Å²) in [6, 6.07) is 8.78. The van der Waals surface area contributed by atoms with Crippen molar-refractivity contribution in [3.63, 3.8) is 0 Å². The summed E-state index contributed by atoms with van der Waals surface area (Å²) in [5.74, 6) is -0.513. The highest BCUT2D eigenvalue weighted by Gasteiger charge is 2.15. The van der Waals surface area contributed by atoms with E-state index in [-0.39, 0.29) is 16.6 Å². The van der Waals surface area contributed by atoms with Crippen molar-refractivity contribution in [1.29, 1.82) is 10.7 Å². The number of nitrogens with two attached hydrogens (primary N) is 1. The number of anilines is 2. The van der Waals surface area contributed by atoms with Crippen molar-refractivity contribution in [2.75, 3.05) is 10.1 Å². The van der Waals surface area contributed by atoms with Gasteiger partial charge in [-0.2, -0.15) is 10.4 Å². The molecule has 0 bridgehead atoms. The molecular formula is C13H12N8O2S. The summed E-state index contributed by atoms with van der Waals surface area (Å²) in [4.78, 5) is 7.57. The summed E-state index contributed by atoms with van der Waals surface area (Å²) in [5, 5.41) is 19.5. The van der Waals surface area contributed by atoms with Gasteiger partial charge < -0.3 is 5.73 Å². The molecule has 0 amide bonds. The maximum atomic E-state index is 12.2. The number of nitrogens with zero attached hydrogens (tertiary/aromatic N) is 4. The molecule has 0 saturated carbocycles. The van der Waals surface area contributed by atoms with Crippen molar-refractivity contribution < 1.29 is 8.42 Å². The van der Waals surface area contributed by atoms with Crippen LogP contribution < -0.4 is 15.9 Å². The number of aromatic nitrogens is 2. The summed E-state index contributed by atoms with van der Waals surface area (Å²) in [6.07, 6.45) is 2.83. The number of rotatable bonds is 6. The Bertz CT molecular complexity index is 901. The monoisotopic (exact) mass is 344 g/mol. The second kappa shape index (κ2) is 7.16. The first-order chi connectivity index (χ1) is 11.4. The first-order valence-corrected chi connectivity index (χ1v) is 7.89. The summed E-state index contributed by atoms with van der Waals surface area (Å²) in [7, 11) is -3.82. The Morgan fingerprint density at radius 1 is 1.25 bits per heavy atom. The van der Waals surface area contributed by atoms with Gasteiger partial charge in [0.05, 0.1) is 10.6 Å². The molecule has 0 atom stereocenters. The zero-order valence-electron chi connectivity index (χ0n) is 12.1. The van der Waals surface area contributed by atoms with Gasteiger partial charge >= 0.3 is 0 Å². The van der Waals surface area contributed by atoms with Crippen LogP contribution in [0.15, 0.2) is 52.7 Å². The van der Waals surface area contributed by atoms with Crippen LogP contribution in [0.1, 0.15) is 0 Å². The number of hydrogen-bond acceptors (Lipinski definition) is 8. The SMILES string of the molecule is N#C/C(=N\Nc1ccc(S(=O)(=O)Nc2ncccn2)cc1)C(=N)N. The van der Waals surface area contributed by atoms with E-state index in [1.54, 1.807) is 12.1 Å². The molecule has 0 unspecified atom stereocenters. The van der Waals surface area contributed by atoms with E-state index in [0.29, 0.717) is 5.69 Å². The van der Waals surface area contributed by atoms with Gasteiger partial charge in [0.2, 0.25) is 11.7 Å². The highest BCUT2D eigenvalue weighted by atomic mass is 32.2. The molecule has 0 radical (unpaired) electrons. The molecule has 5 N–H and O–H groups in total. The van der Waals surface area contributed by atoms with Crippen molar-refractivity contribution in [3.8, 4) is 6.07 Å². The van der Waals surface area contributed by atoms with Gasteiger partial charge in [0, 0.05) is 12.4 Å². The molecule has 24 heavy (non-hydrogen) atoms. The Morgan fingerprint density at radius 2 is 1.88 bits per heavy atom. The van der Waals surface area contributed by atoms with Crippen LogP contribution in [0.4, 0.5) is 11.6 Å². The van der Waals surface area contributed by atoms with Crippen LogP contribution in [-0.2, 0) is 10.0 Å². The Morgan fingerprint density at radius 3 is 2.42 bits per heavy atom. The van der Waals surface area contributed by atoms with E-state index in [9.17, 15) is 8.42 Å². The minimum Gasteiger partial charge on any atom is -0.382 e. The fraction of sp³-hybridized carbons (Fsp3) is 0. The fourth-order valence-electron chi connectivity index (χ4n) is 1.51. The molecule has 122 valence electrons. The van der Waals surface area contributed by atoms with E-state index < -0.39 is 15.9 Å². The predicted octanol–water partition coefficient (Wildman–Crippen LogP) is 0.505. The second-order valence-electron chi connectivity index (χ2n) is 4.30. The van der Waals surface area contributed by atoms with Gasteiger partial charge in [0.25, 0.3) is 10.0 Å². The largest absolute Gasteiger partial charge is 0.382 e. The summed E-state index contributed by atoms with van der Waals surface area (Å²) >= 11 is 0. The van der Waals surface area contributed by atoms with Crippen molar-refractivity contribution in [3.05, 3.63) is 42.7 Å². The average Bonchev–Trinajstić information content (AvgIpc) is 2.56. The maximum Gasteiger partial charge on any atom is 0.264 e. The van der Waals surface area contributed by atoms with Gasteiger partial charge in [0.15, 0.2) is 5.84 Å². The molecule has 2 aromatic rings. The highest BCUT2D eigenvalue weighted by molar-refractivity contribution is 7.92. The molecule has 0 aliphatic rings. The van der Waals surface area contributed by atoms with Crippen molar-refractivity contribution in [2.45, 2.75) is 4.90 Å². The fourth-order valence-corrected chi connectivity index (χ4v) is 2.46. The van der Waals surface area contributed by atoms with Crippen LogP contribution in [0.5, 0.6) is 0 Å². The lowest BCUT2D eigenvalue weighted by molar-refractivity contribution is 0.601. The van der Waals surface area contributed by atoms with Crippen molar-refractivity contribution in [1.82, 2.24) is 9.97 Å². The lowest BCUT2D eigenvalue weighted by atomic mass is 10.3. The normalized spacial score (nSPS) is 11.4. The third kappa shape index (κ3) is 4.24. The molecule has 0 aliphatic heterocycles. The van der Waals surface area contributed by atoms with Gasteiger partial charge in [-0.05, 0) is 30.3 Å². The molecule has 2 rings (SSSR count). The Labute approximate surface area is 137 Å². The molecule has 1 aromatic carbocycles. The second-order valence-corrected chi connectivity index (χ2v) is 5.98. The summed E-state index contributed by atoms with van der Waals surface area (Å²) in [5.41, 5.74) is 7.80. The molecule has 0 aliphatic carbocycles. The van der Waals surface area contributed by atoms with Crippen molar-refractivity contribution in [2.24, 2.45) is 10.8 Å². The summed E-state index contributed by atoms with van der Waals surface area (Å²) in [6.45, 7) is 0. The molecule has 1 heterocycles. The van der Waals surface area contributed by atoms with Gasteiger partial charge in [-0.1, -0.05) is 0 Å². The number of hydrogen-bond donors (Lipinski definition) is 4. The molecule has 0 fully saturated rings. The van der Waals surface area contributed by atoms with E-state index >= 15 is 0 Å². The third-order valence-corrected chi connectivity index (χ3v) is 3.96. The van der Waals surface area contributed by atoms with Crippen LogP contribution in [0.3, 0.4) is 0 Å². The quantitative estimate of drug-likeness (QED) is 0.336. The molecule has 10 nitrogen and oxygen atoms in total. The number of nitriles is 1. The van der Waals surface area contributed by atoms with Crippen LogP contribution in [0.2, 0.25) is 0 Å². The minimum absolute atomic E-state index is 0.00319. The van der Waals surface area contributed by atoms with E-state index in [2.05, 4.69) is 25.2 Å². The maximum absolute atomic E-state index is 12.2. The predicted molar refractivity (Wildman–Crippen MR) is 87.9 cm³/mol. The lowest BCUT2D eigenvalue weighted by Crippen LogP contribution is -2.21. The number of amidine groups is 1. The first-order valence-electron chi connectivity index (χ1n) is 6.40. The average molecular weight is 344 g/mol. The van der Waals surface area contributed by atoms with Crippen LogP contribution in [-0.4, -0.2) is 29.9 Å². The Kier molecular flexibility index (Phi) is 5.03. The molecule has 0 saturated heterocycles. The van der Waals surface area contributed by atoms with Crippen LogP contribution in [0, 0.1) is 16.7 Å². The zero-order chi connectivity index (χ0) is 17.6. The van der Waals surface area contributed by atoms with Crippen LogP contribution >= 0.6 is 0 Å². The van der Waals surface area contributed by atoms with Gasteiger partial charge in [-0.3, -0.25) is 10.8 Å². The van der Waals surface area contributed by atoms with Gasteiger partial charge in [-0.25, -0.2) is 23.1 Å². The zero-order valence-corrected chi connectivity index (χ0v) is 12.9. The number of hydrazone groups is 1. The Balaban J connectivity index is 2.14. The molecular weight excluding hydrogens is 332 g/mol. The number of nitrogens with one attached hydrogen (secondary N) is 3. The molecule has 1 aromatic heterocycles. The highest BCUT2D eigenvalue weighted by Crippen LogP contribution is 2.16. The third-order valence-electron chi connectivity index (χ3n) is 2.61. The summed E-state index contributed by atoms with van der Waals surface area (Å²) < 4.78 is 26.6. The number of benzene rings is 1. The van der Waals surface area contributed by atoms with E-state index in [1.807, 2.05) is 0 Å². The lowest BCUT2D eigenvalue weighted by Gasteiger charge is -2.07.